The molecule has 0 radical (unpaired) electrons. The molecule has 1 fully saturated rings. The number of aromatic nitrogens is 1. The third-order valence-corrected chi connectivity index (χ3v) is 5.62. The van der Waals surface area contributed by atoms with Crippen molar-refractivity contribution in [1.82, 2.24) is 5.16 Å². The fourth-order valence-corrected chi connectivity index (χ4v) is 3.98. The molecule has 3 aromatic rings. The van der Waals surface area contributed by atoms with Crippen LogP contribution in [0.5, 0.6) is 11.5 Å². The summed E-state index contributed by atoms with van der Waals surface area (Å²) in [6.45, 7) is 1.63. The highest BCUT2D eigenvalue weighted by molar-refractivity contribution is 9.10. The van der Waals surface area contributed by atoms with Crippen molar-refractivity contribution in [2.24, 2.45) is 0 Å². The Morgan fingerprint density at radius 3 is 2.50 bits per heavy atom. The molecule has 8 nitrogen and oxygen atoms in total. The summed E-state index contributed by atoms with van der Waals surface area (Å²) in [7, 11) is 1.35. The van der Waals surface area contributed by atoms with Crippen LogP contribution < -0.4 is 9.64 Å². The molecule has 0 spiro atoms. The lowest BCUT2D eigenvalue weighted by Crippen LogP contribution is -2.29. The van der Waals surface area contributed by atoms with Crippen molar-refractivity contribution in [2.75, 3.05) is 12.0 Å². The third-order valence-electron chi connectivity index (χ3n) is 5.01. The number of aliphatic hydroxyl groups is 1. The van der Waals surface area contributed by atoms with E-state index < -0.39 is 29.3 Å². The zero-order chi connectivity index (χ0) is 23.2. The van der Waals surface area contributed by atoms with Crippen LogP contribution in [0.4, 0.5) is 10.2 Å². The molecule has 4 rings (SSSR count). The Hall–Kier alpha value is -3.66. The van der Waals surface area contributed by atoms with E-state index in [1.54, 1.807) is 6.92 Å². The van der Waals surface area contributed by atoms with E-state index in [4.69, 9.17) is 9.26 Å². The fraction of sp³-hybridized carbons (Fsp3) is 0.136. The van der Waals surface area contributed by atoms with Gasteiger partial charge >= 0.3 is 5.91 Å². The van der Waals surface area contributed by atoms with Crippen molar-refractivity contribution in [3.05, 3.63) is 75.2 Å². The molecular formula is C22H16BrFN2O6. The number of phenols is 1. The van der Waals surface area contributed by atoms with Crippen molar-refractivity contribution < 1.29 is 33.5 Å². The maximum Gasteiger partial charge on any atom is 0.301 e. The van der Waals surface area contributed by atoms with Crippen molar-refractivity contribution in [2.45, 2.75) is 13.0 Å². The molecule has 1 atom stereocenters. The van der Waals surface area contributed by atoms with Crippen LogP contribution in [-0.2, 0) is 9.59 Å². The molecule has 32 heavy (non-hydrogen) atoms. The molecule has 2 N–H and O–H groups in total. The average molecular weight is 503 g/mol. The fourth-order valence-electron chi connectivity index (χ4n) is 3.52. The molecule has 1 aliphatic rings. The van der Waals surface area contributed by atoms with Gasteiger partial charge in [-0.2, -0.15) is 0 Å². The molecule has 10 heteroatoms. The molecule has 2 heterocycles. The summed E-state index contributed by atoms with van der Waals surface area (Å²) in [5.74, 6) is -2.53. The summed E-state index contributed by atoms with van der Waals surface area (Å²) >= 11 is 3.23. The highest BCUT2D eigenvalue weighted by atomic mass is 79.9. The lowest BCUT2D eigenvalue weighted by atomic mass is 9.95. The maximum atomic E-state index is 13.4. The van der Waals surface area contributed by atoms with E-state index in [2.05, 4.69) is 21.1 Å². The SMILES string of the molecule is COc1cc([C@H]2/C(=C(\O)c3ccc(F)cc3)C(=O)C(=O)N2c2cc(C)on2)cc(Br)c1O. The molecule has 1 saturated heterocycles. The van der Waals surface area contributed by atoms with Crippen LogP contribution in [0.1, 0.15) is 22.9 Å². The molecular weight excluding hydrogens is 487 g/mol. The number of carbonyl (C=O) groups excluding carboxylic acids is 2. The molecule has 1 aromatic heterocycles. The normalized spacial score (nSPS) is 17.8. The summed E-state index contributed by atoms with van der Waals surface area (Å²) in [6.07, 6.45) is 0. The monoisotopic (exact) mass is 502 g/mol. The second kappa shape index (κ2) is 8.12. The lowest BCUT2D eigenvalue weighted by molar-refractivity contribution is -0.132. The molecule has 0 aliphatic carbocycles. The summed E-state index contributed by atoms with van der Waals surface area (Å²) in [5, 5.41) is 25.0. The van der Waals surface area contributed by atoms with Crippen LogP contribution in [0.15, 0.2) is 57.0 Å². The van der Waals surface area contributed by atoms with Crippen molar-refractivity contribution in [3.8, 4) is 11.5 Å². The van der Waals surface area contributed by atoms with Gasteiger partial charge in [-0.05, 0) is 64.8 Å². The summed E-state index contributed by atoms with van der Waals surface area (Å²) in [6, 6.07) is 8.12. The first-order valence-electron chi connectivity index (χ1n) is 9.29. The van der Waals surface area contributed by atoms with E-state index in [9.17, 15) is 24.2 Å². The second-order valence-corrected chi connectivity index (χ2v) is 7.88. The molecule has 0 unspecified atom stereocenters. The number of aryl methyl sites for hydroxylation is 1. The Balaban J connectivity index is 1.99. The van der Waals surface area contributed by atoms with Gasteiger partial charge in [0.25, 0.3) is 5.78 Å². The van der Waals surface area contributed by atoms with Crippen LogP contribution in [0, 0.1) is 12.7 Å². The molecule has 2 aromatic carbocycles. The minimum absolute atomic E-state index is 0.0657. The number of hydrogen-bond donors (Lipinski definition) is 2. The first kappa shape index (κ1) is 21.6. The lowest BCUT2D eigenvalue weighted by Gasteiger charge is -2.23. The van der Waals surface area contributed by atoms with Gasteiger partial charge in [-0.1, -0.05) is 5.16 Å². The van der Waals surface area contributed by atoms with Gasteiger partial charge in [0.1, 0.15) is 17.3 Å². The van der Waals surface area contributed by atoms with E-state index in [-0.39, 0.29) is 32.9 Å². The van der Waals surface area contributed by atoms with E-state index >= 15 is 0 Å². The first-order chi connectivity index (χ1) is 15.2. The van der Waals surface area contributed by atoms with Gasteiger partial charge in [0, 0.05) is 11.6 Å². The summed E-state index contributed by atoms with van der Waals surface area (Å²) < 4.78 is 23.9. The highest BCUT2D eigenvalue weighted by Crippen LogP contribution is 2.45. The van der Waals surface area contributed by atoms with Crippen LogP contribution in [0.25, 0.3) is 5.76 Å². The number of methoxy groups -OCH3 is 1. The molecule has 1 amide bonds. The number of benzene rings is 2. The summed E-state index contributed by atoms with van der Waals surface area (Å²) in [5.41, 5.74) is 0.257. The van der Waals surface area contributed by atoms with Crippen LogP contribution in [-0.4, -0.2) is 34.2 Å². The minimum Gasteiger partial charge on any atom is -0.507 e. The maximum absolute atomic E-state index is 13.4. The first-order valence-corrected chi connectivity index (χ1v) is 10.1. The van der Waals surface area contributed by atoms with Crippen molar-refractivity contribution >= 4 is 39.2 Å². The molecule has 0 saturated carbocycles. The Kier molecular flexibility index (Phi) is 5.47. The number of rotatable bonds is 4. The zero-order valence-electron chi connectivity index (χ0n) is 16.8. The quantitative estimate of drug-likeness (QED) is 0.311. The van der Waals surface area contributed by atoms with Gasteiger partial charge in [-0.15, -0.1) is 0 Å². The van der Waals surface area contributed by atoms with Crippen LogP contribution in [0.2, 0.25) is 0 Å². The number of aliphatic hydroxyl groups excluding tert-OH is 1. The van der Waals surface area contributed by atoms with E-state index in [1.165, 1.54) is 37.4 Å². The number of anilines is 1. The Labute approximate surface area is 189 Å². The number of Topliss-reactive ketones (excluding diaryl/α,β-unsaturated/α-hetero) is 1. The largest absolute Gasteiger partial charge is 0.507 e. The number of amides is 1. The number of ether oxygens (including phenoxy) is 1. The number of nitrogens with zero attached hydrogens (tertiary/aromatic N) is 2. The van der Waals surface area contributed by atoms with Crippen LogP contribution in [0.3, 0.4) is 0 Å². The zero-order valence-corrected chi connectivity index (χ0v) is 18.4. The summed E-state index contributed by atoms with van der Waals surface area (Å²) in [4.78, 5) is 27.1. The van der Waals surface area contributed by atoms with Crippen molar-refractivity contribution in [1.29, 1.82) is 0 Å². The second-order valence-electron chi connectivity index (χ2n) is 7.03. The smallest absolute Gasteiger partial charge is 0.301 e. The predicted octanol–water partition coefficient (Wildman–Crippen LogP) is 4.23. The number of ketones is 1. The number of hydrogen-bond acceptors (Lipinski definition) is 7. The minimum atomic E-state index is -1.13. The highest BCUT2D eigenvalue weighted by Gasteiger charge is 2.48. The standard InChI is InChI=1S/C22H16BrFN2O6/c1-10-7-16(25-32-10)26-18(12-8-14(23)20(28)15(9-12)31-2)17(21(29)22(26)30)19(27)11-3-5-13(24)6-4-11/h3-9,18,27-28H,1-2H3/b19-17+/t18-/m0/s1. The van der Waals surface area contributed by atoms with Crippen LogP contribution >= 0.6 is 15.9 Å². The topological polar surface area (TPSA) is 113 Å². The van der Waals surface area contributed by atoms with E-state index in [0.29, 0.717) is 11.3 Å². The van der Waals surface area contributed by atoms with E-state index in [1.807, 2.05) is 0 Å². The van der Waals surface area contributed by atoms with Gasteiger partial charge in [0.2, 0.25) is 0 Å². The molecule has 164 valence electrons. The Bertz CT molecular complexity index is 1270. The van der Waals surface area contributed by atoms with Gasteiger partial charge < -0.3 is 19.5 Å². The van der Waals surface area contributed by atoms with Gasteiger partial charge in [0.15, 0.2) is 17.3 Å². The number of halogens is 2. The Morgan fingerprint density at radius 2 is 1.91 bits per heavy atom. The molecule has 1 aliphatic heterocycles. The predicted molar refractivity (Wildman–Crippen MR) is 115 cm³/mol. The number of carbonyl (C=O) groups is 2. The van der Waals surface area contributed by atoms with Gasteiger partial charge in [0.05, 0.1) is 23.2 Å². The van der Waals surface area contributed by atoms with Gasteiger partial charge in [-0.25, -0.2) is 4.39 Å². The van der Waals surface area contributed by atoms with Gasteiger partial charge in [-0.3, -0.25) is 14.5 Å². The number of phenolic OH excluding ortho intramolecular Hbond substituents is 1. The molecule has 0 bridgehead atoms. The van der Waals surface area contributed by atoms with E-state index in [0.717, 1.165) is 17.0 Å². The Morgan fingerprint density at radius 1 is 1.22 bits per heavy atom. The third kappa shape index (κ3) is 3.52. The van der Waals surface area contributed by atoms with Crippen molar-refractivity contribution in [3.63, 3.8) is 0 Å². The number of aromatic hydroxyl groups is 1. The average Bonchev–Trinajstić information content (AvgIpc) is 3.31.